The van der Waals surface area contributed by atoms with Crippen molar-refractivity contribution in [3.63, 3.8) is 0 Å². The molecule has 4 nitrogen and oxygen atoms in total. The Kier molecular flexibility index (Phi) is 4.22. The third-order valence-electron chi connectivity index (χ3n) is 3.60. The first kappa shape index (κ1) is 13.6. The van der Waals surface area contributed by atoms with Gasteiger partial charge in [0.25, 0.3) is 0 Å². The van der Waals surface area contributed by atoms with Gasteiger partial charge in [-0.15, -0.1) is 0 Å². The number of amides is 1. The molecule has 0 aliphatic heterocycles. The first-order valence-electron chi connectivity index (χ1n) is 6.61. The monoisotopic (exact) mass is 260 g/mol. The van der Waals surface area contributed by atoms with Gasteiger partial charge in [-0.1, -0.05) is 42.5 Å². The summed E-state index contributed by atoms with van der Waals surface area (Å²) < 4.78 is 5.48. The van der Waals surface area contributed by atoms with Gasteiger partial charge in [-0.25, -0.2) is 4.79 Å². The van der Waals surface area contributed by atoms with Crippen LogP contribution in [0.15, 0.2) is 42.5 Å². The molecule has 2 atom stereocenters. The van der Waals surface area contributed by atoms with Crippen molar-refractivity contribution in [3.05, 3.63) is 48.0 Å². The summed E-state index contributed by atoms with van der Waals surface area (Å²) in [6, 6.07) is 9.22. The molecule has 1 aliphatic carbocycles. The van der Waals surface area contributed by atoms with Crippen molar-refractivity contribution in [2.75, 3.05) is 0 Å². The van der Waals surface area contributed by atoms with Crippen LogP contribution in [0, 0.1) is 0 Å². The number of carbonyl (C=O) groups is 1. The molecule has 0 radical (unpaired) electrons. The fourth-order valence-corrected chi connectivity index (χ4v) is 2.63. The van der Waals surface area contributed by atoms with Crippen LogP contribution in [0.2, 0.25) is 0 Å². The highest BCUT2D eigenvalue weighted by molar-refractivity contribution is 5.65. The minimum Gasteiger partial charge on any atom is -0.436 e. The highest BCUT2D eigenvalue weighted by Crippen LogP contribution is 2.36. The van der Waals surface area contributed by atoms with Crippen LogP contribution < -0.4 is 11.5 Å². The molecule has 1 aliphatic rings. The summed E-state index contributed by atoms with van der Waals surface area (Å²) in [4.78, 5) is 11.3. The van der Waals surface area contributed by atoms with Gasteiger partial charge >= 0.3 is 6.09 Å². The number of hydrogen-bond donors (Lipinski definition) is 2. The zero-order chi connectivity index (χ0) is 13.7. The smallest absolute Gasteiger partial charge is 0.405 e. The van der Waals surface area contributed by atoms with Crippen molar-refractivity contribution in [1.29, 1.82) is 0 Å². The van der Waals surface area contributed by atoms with Crippen molar-refractivity contribution < 1.29 is 9.53 Å². The lowest BCUT2D eigenvalue weighted by Gasteiger charge is -2.38. The summed E-state index contributed by atoms with van der Waals surface area (Å²) in [5.41, 5.74) is 11.5. The largest absolute Gasteiger partial charge is 0.436 e. The number of nitrogens with two attached hydrogens (primary N) is 2. The maximum Gasteiger partial charge on any atom is 0.405 e. The van der Waals surface area contributed by atoms with E-state index >= 15 is 0 Å². The van der Waals surface area contributed by atoms with Crippen LogP contribution >= 0.6 is 0 Å². The normalized spacial score (nSPS) is 29.0. The molecular formula is C15H20N2O2. The second-order valence-electron chi connectivity index (χ2n) is 4.88. The molecule has 0 fully saturated rings. The number of ether oxygens (including phenoxy) is 1. The number of primary amides is 1. The van der Waals surface area contributed by atoms with E-state index in [2.05, 4.69) is 0 Å². The maximum absolute atomic E-state index is 11.3. The molecule has 1 aromatic rings. The van der Waals surface area contributed by atoms with E-state index in [1.165, 1.54) is 0 Å². The van der Waals surface area contributed by atoms with Gasteiger partial charge in [-0.2, -0.15) is 0 Å². The Morgan fingerprint density at radius 2 is 2.00 bits per heavy atom. The van der Waals surface area contributed by atoms with Crippen LogP contribution in [0.3, 0.4) is 0 Å². The summed E-state index contributed by atoms with van der Waals surface area (Å²) in [5.74, 6) is 0. The molecule has 19 heavy (non-hydrogen) atoms. The van der Waals surface area contributed by atoms with E-state index in [0.29, 0.717) is 6.42 Å². The van der Waals surface area contributed by atoms with Crippen molar-refractivity contribution in [2.24, 2.45) is 11.5 Å². The average Bonchev–Trinajstić information content (AvgIpc) is 2.39. The number of carbonyl (C=O) groups excluding carboxylic acids is 1. The molecule has 0 heterocycles. The Morgan fingerprint density at radius 1 is 1.26 bits per heavy atom. The molecule has 0 bridgehead atoms. The lowest BCUT2D eigenvalue weighted by Crippen LogP contribution is -2.49. The summed E-state index contributed by atoms with van der Waals surface area (Å²) >= 11 is 0. The predicted octanol–water partition coefficient (Wildman–Crippen LogP) is 2.43. The Morgan fingerprint density at radius 3 is 2.68 bits per heavy atom. The molecule has 1 aromatic carbocycles. The van der Waals surface area contributed by atoms with Crippen LogP contribution in [0.25, 0.3) is 0 Å². The van der Waals surface area contributed by atoms with Crippen molar-refractivity contribution in [1.82, 2.24) is 0 Å². The molecule has 4 N–H and O–H groups in total. The highest BCUT2D eigenvalue weighted by atomic mass is 16.6. The van der Waals surface area contributed by atoms with Crippen LogP contribution in [0.4, 0.5) is 4.79 Å². The minimum absolute atomic E-state index is 0.386. The third kappa shape index (κ3) is 2.96. The van der Waals surface area contributed by atoms with E-state index < -0.39 is 11.7 Å². The number of allylic oxidation sites excluding steroid dienone is 1. The molecule has 0 aromatic heterocycles. The Hall–Kier alpha value is -1.81. The summed E-state index contributed by atoms with van der Waals surface area (Å²) in [7, 11) is 0. The topological polar surface area (TPSA) is 78.3 Å². The van der Waals surface area contributed by atoms with Crippen LogP contribution in [0.5, 0.6) is 0 Å². The second-order valence-corrected chi connectivity index (χ2v) is 4.88. The van der Waals surface area contributed by atoms with E-state index in [-0.39, 0.29) is 6.04 Å². The van der Waals surface area contributed by atoms with Gasteiger partial charge in [0, 0.05) is 0 Å². The molecule has 1 amide bonds. The van der Waals surface area contributed by atoms with E-state index in [0.717, 1.165) is 24.8 Å². The predicted molar refractivity (Wildman–Crippen MR) is 74.4 cm³/mol. The second kappa shape index (κ2) is 5.89. The molecule has 0 spiro atoms. The highest BCUT2D eigenvalue weighted by Gasteiger charge is 2.41. The molecule has 0 saturated carbocycles. The number of rotatable bonds is 2. The van der Waals surface area contributed by atoms with Crippen LogP contribution in [0.1, 0.15) is 31.2 Å². The van der Waals surface area contributed by atoms with Crippen molar-refractivity contribution in [2.45, 2.75) is 37.3 Å². The Bertz CT molecular complexity index is 458. The molecule has 0 saturated heterocycles. The van der Waals surface area contributed by atoms with Gasteiger partial charge in [0.1, 0.15) is 0 Å². The van der Waals surface area contributed by atoms with Crippen molar-refractivity contribution in [3.8, 4) is 0 Å². The zero-order valence-corrected chi connectivity index (χ0v) is 10.9. The summed E-state index contributed by atoms with van der Waals surface area (Å²) in [5, 5.41) is 0. The fourth-order valence-electron chi connectivity index (χ4n) is 2.63. The lowest BCUT2D eigenvalue weighted by molar-refractivity contribution is -0.00709. The maximum atomic E-state index is 11.3. The van der Waals surface area contributed by atoms with Gasteiger partial charge in [0.2, 0.25) is 0 Å². The first-order chi connectivity index (χ1) is 9.15. The van der Waals surface area contributed by atoms with Gasteiger partial charge in [0.15, 0.2) is 5.60 Å². The molecule has 102 valence electrons. The minimum atomic E-state index is -0.857. The summed E-state index contributed by atoms with van der Waals surface area (Å²) in [6.45, 7) is 0. The van der Waals surface area contributed by atoms with E-state index in [1.807, 2.05) is 42.5 Å². The Balaban J connectivity index is 2.45. The van der Waals surface area contributed by atoms with Crippen molar-refractivity contribution >= 4 is 6.09 Å². The standard InChI is InChI=1S/C15H20N2O2/c16-13-10-6-1-2-7-11-15(13,19-14(17)18)12-8-4-3-5-9-12/h3-6,8-10,13H,1-2,7,11,16H2,(H2,17,18)/b10-6+. The zero-order valence-electron chi connectivity index (χ0n) is 10.9. The first-order valence-corrected chi connectivity index (χ1v) is 6.61. The van der Waals surface area contributed by atoms with E-state index in [1.54, 1.807) is 0 Å². The van der Waals surface area contributed by atoms with Gasteiger partial charge in [0.05, 0.1) is 6.04 Å². The molecular weight excluding hydrogens is 240 g/mol. The number of hydrogen-bond acceptors (Lipinski definition) is 3. The molecule has 2 unspecified atom stereocenters. The van der Waals surface area contributed by atoms with Gasteiger partial charge in [-0.05, 0) is 31.2 Å². The lowest BCUT2D eigenvalue weighted by atomic mass is 9.80. The van der Waals surface area contributed by atoms with E-state index in [4.69, 9.17) is 16.2 Å². The summed E-state index contributed by atoms with van der Waals surface area (Å²) in [6.07, 6.45) is 6.87. The molecule has 4 heteroatoms. The Labute approximate surface area is 113 Å². The quantitative estimate of drug-likeness (QED) is 0.802. The fraction of sp³-hybridized carbons (Fsp3) is 0.400. The SMILES string of the molecule is NC(=O)OC1(c2ccccc2)CCCC/C=C/C1N. The van der Waals surface area contributed by atoms with Gasteiger partial charge < -0.3 is 16.2 Å². The average molecular weight is 260 g/mol. The molecule has 2 rings (SSSR count). The van der Waals surface area contributed by atoms with Gasteiger partial charge in [-0.3, -0.25) is 0 Å². The van der Waals surface area contributed by atoms with Crippen LogP contribution in [-0.4, -0.2) is 12.1 Å². The third-order valence-corrected chi connectivity index (χ3v) is 3.60. The van der Waals surface area contributed by atoms with Crippen LogP contribution in [-0.2, 0) is 10.3 Å². The number of benzene rings is 1. The van der Waals surface area contributed by atoms with E-state index in [9.17, 15) is 4.79 Å².